The SMILES string of the molecule is CC(C)CC(NC(=O)C(Cc1cnc[nH]1)NC(=O)C(NC(=O)C(N)Cc1c[nH]c2ccccc12)C(C)O)C(=O)O. The van der Waals surface area contributed by atoms with Crippen LogP contribution in [0.15, 0.2) is 43.0 Å². The summed E-state index contributed by atoms with van der Waals surface area (Å²) in [4.78, 5) is 60.8. The smallest absolute Gasteiger partial charge is 0.326 e. The number of nitrogens with one attached hydrogen (secondary N) is 5. The first kappa shape index (κ1) is 30.3. The van der Waals surface area contributed by atoms with Crippen molar-refractivity contribution in [3.8, 4) is 0 Å². The van der Waals surface area contributed by atoms with E-state index in [1.807, 2.05) is 38.1 Å². The number of carboxylic acid groups (broad SMARTS) is 1. The molecule has 3 aromatic rings. The van der Waals surface area contributed by atoms with Crippen LogP contribution in [0.25, 0.3) is 10.9 Å². The Morgan fingerprint density at radius 3 is 2.27 bits per heavy atom. The molecule has 2 aromatic heterocycles. The number of hydrogen-bond acceptors (Lipinski definition) is 7. The van der Waals surface area contributed by atoms with E-state index in [0.29, 0.717) is 5.69 Å². The van der Waals surface area contributed by atoms with Gasteiger partial charge >= 0.3 is 5.97 Å². The van der Waals surface area contributed by atoms with Crippen LogP contribution in [-0.4, -0.2) is 79.1 Å². The van der Waals surface area contributed by atoms with Crippen molar-refractivity contribution in [2.75, 3.05) is 0 Å². The van der Waals surface area contributed by atoms with Crippen molar-refractivity contribution < 1.29 is 29.4 Å². The molecule has 0 aliphatic heterocycles. The van der Waals surface area contributed by atoms with Crippen molar-refractivity contribution in [2.24, 2.45) is 11.7 Å². The molecular formula is C27H37N7O6. The number of H-pyrrole nitrogens is 2. The first-order valence-electron chi connectivity index (χ1n) is 13.1. The molecule has 1 aromatic carbocycles. The molecule has 0 aliphatic carbocycles. The number of carbonyl (C=O) groups excluding carboxylic acids is 3. The van der Waals surface area contributed by atoms with Gasteiger partial charge < -0.3 is 41.9 Å². The van der Waals surface area contributed by atoms with E-state index in [4.69, 9.17) is 5.73 Å². The molecule has 5 atom stereocenters. The molecule has 0 radical (unpaired) electrons. The number of aliphatic hydroxyl groups is 1. The topological polar surface area (TPSA) is 215 Å². The summed E-state index contributed by atoms with van der Waals surface area (Å²) in [5, 5.41) is 28.3. The Morgan fingerprint density at radius 1 is 0.950 bits per heavy atom. The minimum Gasteiger partial charge on any atom is -0.480 e. The molecule has 0 aliphatic rings. The zero-order valence-corrected chi connectivity index (χ0v) is 22.7. The number of amides is 3. The summed E-state index contributed by atoms with van der Waals surface area (Å²) < 4.78 is 0. The lowest BCUT2D eigenvalue weighted by atomic mass is 10.0. The molecule has 0 bridgehead atoms. The molecular weight excluding hydrogens is 518 g/mol. The van der Waals surface area contributed by atoms with Crippen LogP contribution in [0.2, 0.25) is 0 Å². The first-order chi connectivity index (χ1) is 19.0. The number of carboxylic acids is 1. The number of aromatic amines is 2. The molecule has 3 rings (SSSR count). The zero-order valence-electron chi connectivity index (χ0n) is 22.7. The van der Waals surface area contributed by atoms with Crippen LogP contribution in [0.5, 0.6) is 0 Å². The number of imidazole rings is 1. The maximum Gasteiger partial charge on any atom is 0.326 e. The molecule has 0 spiro atoms. The second-order valence-electron chi connectivity index (χ2n) is 10.3. The van der Waals surface area contributed by atoms with Gasteiger partial charge in [0.25, 0.3) is 0 Å². The van der Waals surface area contributed by atoms with Crippen LogP contribution in [0.1, 0.15) is 38.4 Å². The number of hydrogen-bond donors (Lipinski definition) is 8. The van der Waals surface area contributed by atoms with Gasteiger partial charge in [-0.2, -0.15) is 0 Å². The predicted molar refractivity (Wildman–Crippen MR) is 147 cm³/mol. The van der Waals surface area contributed by atoms with Crippen LogP contribution in [0.3, 0.4) is 0 Å². The highest BCUT2D eigenvalue weighted by molar-refractivity contribution is 5.94. The van der Waals surface area contributed by atoms with Crippen LogP contribution in [0.4, 0.5) is 0 Å². The summed E-state index contributed by atoms with van der Waals surface area (Å²) in [6.45, 7) is 4.97. The number of benzene rings is 1. The normalized spacial score (nSPS) is 15.2. The molecule has 5 unspecified atom stereocenters. The fourth-order valence-electron chi connectivity index (χ4n) is 4.35. The fraction of sp³-hybridized carbons (Fsp3) is 0.444. The number of aliphatic carboxylic acids is 1. The van der Waals surface area contributed by atoms with Gasteiger partial charge in [0, 0.05) is 35.4 Å². The van der Waals surface area contributed by atoms with E-state index in [0.717, 1.165) is 16.5 Å². The van der Waals surface area contributed by atoms with Gasteiger partial charge in [-0.05, 0) is 37.3 Å². The Bertz CT molecular complexity index is 1300. The van der Waals surface area contributed by atoms with E-state index in [9.17, 15) is 29.4 Å². The monoisotopic (exact) mass is 555 g/mol. The van der Waals surface area contributed by atoms with Gasteiger partial charge in [-0.1, -0.05) is 32.0 Å². The highest BCUT2D eigenvalue weighted by atomic mass is 16.4. The van der Waals surface area contributed by atoms with E-state index in [-0.39, 0.29) is 25.2 Å². The Hall–Kier alpha value is -4.23. The van der Waals surface area contributed by atoms with Gasteiger partial charge in [-0.3, -0.25) is 14.4 Å². The van der Waals surface area contributed by atoms with Crippen molar-refractivity contribution in [1.29, 1.82) is 0 Å². The lowest BCUT2D eigenvalue weighted by Crippen LogP contribution is -2.60. The van der Waals surface area contributed by atoms with Gasteiger partial charge in [0.2, 0.25) is 17.7 Å². The minimum absolute atomic E-state index is 0.00894. The number of carbonyl (C=O) groups is 4. The average Bonchev–Trinajstić information content (AvgIpc) is 3.55. The number of para-hydroxylation sites is 1. The van der Waals surface area contributed by atoms with Gasteiger partial charge in [-0.25, -0.2) is 9.78 Å². The third-order valence-electron chi connectivity index (χ3n) is 6.45. The molecule has 3 amide bonds. The lowest BCUT2D eigenvalue weighted by molar-refractivity contribution is -0.143. The number of nitrogens with zero attached hydrogens (tertiary/aromatic N) is 1. The summed E-state index contributed by atoms with van der Waals surface area (Å²) in [5.74, 6) is -3.44. The van der Waals surface area contributed by atoms with E-state index in [1.54, 1.807) is 6.20 Å². The first-order valence-corrected chi connectivity index (χ1v) is 13.1. The average molecular weight is 556 g/mol. The van der Waals surface area contributed by atoms with Gasteiger partial charge in [0.1, 0.15) is 18.1 Å². The Kier molecular flexibility index (Phi) is 10.4. The lowest BCUT2D eigenvalue weighted by Gasteiger charge is -2.26. The maximum absolute atomic E-state index is 13.2. The molecule has 216 valence electrons. The second-order valence-corrected chi connectivity index (χ2v) is 10.3. The quantitative estimate of drug-likeness (QED) is 0.135. The zero-order chi connectivity index (χ0) is 29.4. The third-order valence-corrected chi connectivity index (χ3v) is 6.45. The van der Waals surface area contributed by atoms with E-state index in [2.05, 4.69) is 30.9 Å². The van der Waals surface area contributed by atoms with Crippen molar-refractivity contribution in [2.45, 2.75) is 70.3 Å². The number of nitrogens with two attached hydrogens (primary N) is 1. The predicted octanol–water partition coefficient (Wildman–Crippen LogP) is -0.0306. The van der Waals surface area contributed by atoms with Gasteiger partial charge in [0.15, 0.2) is 0 Å². The number of fused-ring (bicyclic) bond motifs is 1. The highest BCUT2D eigenvalue weighted by Gasteiger charge is 2.33. The standard InChI is InChI=1S/C27H37N7O6/c1-14(2)8-22(27(39)40)33-25(37)21(10-17-12-29-13-31-17)32-26(38)23(15(3)35)34-24(36)19(28)9-16-11-30-20-7-5-4-6-18(16)20/h4-7,11-15,19,21-23,30,35H,8-10,28H2,1-3H3,(H,29,31)(H,32,38)(H,33,37)(H,34,36)(H,39,40). The molecule has 13 nitrogen and oxygen atoms in total. The summed E-state index contributed by atoms with van der Waals surface area (Å²) >= 11 is 0. The molecule has 0 saturated carbocycles. The summed E-state index contributed by atoms with van der Waals surface area (Å²) in [5.41, 5.74) is 8.37. The Labute approximate surface area is 231 Å². The van der Waals surface area contributed by atoms with Gasteiger partial charge in [0.05, 0.1) is 18.5 Å². The van der Waals surface area contributed by atoms with Crippen LogP contribution in [-0.2, 0) is 32.0 Å². The highest BCUT2D eigenvalue weighted by Crippen LogP contribution is 2.19. The number of aliphatic hydroxyl groups excluding tert-OH is 1. The summed E-state index contributed by atoms with van der Waals surface area (Å²) in [7, 11) is 0. The molecule has 40 heavy (non-hydrogen) atoms. The number of rotatable bonds is 14. The van der Waals surface area contributed by atoms with Crippen LogP contribution < -0.4 is 21.7 Å². The largest absolute Gasteiger partial charge is 0.480 e. The maximum atomic E-state index is 13.2. The van der Waals surface area contributed by atoms with Crippen molar-refractivity contribution in [3.63, 3.8) is 0 Å². The van der Waals surface area contributed by atoms with E-state index < -0.39 is 54.0 Å². The molecule has 13 heteroatoms. The molecule has 2 heterocycles. The Balaban J connectivity index is 1.71. The van der Waals surface area contributed by atoms with Gasteiger partial charge in [-0.15, -0.1) is 0 Å². The van der Waals surface area contributed by atoms with Crippen LogP contribution in [0, 0.1) is 5.92 Å². The molecule has 9 N–H and O–H groups in total. The fourth-order valence-corrected chi connectivity index (χ4v) is 4.35. The third kappa shape index (κ3) is 8.13. The van der Waals surface area contributed by atoms with Crippen molar-refractivity contribution >= 4 is 34.6 Å². The summed E-state index contributed by atoms with van der Waals surface area (Å²) in [6.07, 6.45) is 3.64. The summed E-state index contributed by atoms with van der Waals surface area (Å²) in [6, 6.07) is 2.72. The minimum atomic E-state index is -1.43. The number of aromatic nitrogens is 3. The van der Waals surface area contributed by atoms with E-state index >= 15 is 0 Å². The Morgan fingerprint density at radius 2 is 1.65 bits per heavy atom. The van der Waals surface area contributed by atoms with Crippen molar-refractivity contribution in [3.05, 3.63) is 54.2 Å². The molecule has 0 fully saturated rings. The van der Waals surface area contributed by atoms with Crippen LogP contribution >= 0.6 is 0 Å². The van der Waals surface area contributed by atoms with Crippen molar-refractivity contribution in [1.82, 2.24) is 30.9 Å². The molecule has 0 saturated heterocycles. The second kappa shape index (κ2) is 13.7. The van der Waals surface area contributed by atoms with E-state index in [1.165, 1.54) is 19.4 Å².